The minimum Gasteiger partial charge on any atom is -0.354 e. The van der Waals surface area contributed by atoms with Gasteiger partial charge in [-0.1, -0.05) is 12.8 Å². The number of amides is 1. The van der Waals surface area contributed by atoms with Crippen molar-refractivity contribution in [1.82, 2.24) is 10.6 Å². The van der Waals surface area contributed by atoms with Crippen LogP contribution in [0.15, 0.2) is 0 Å². The molecule has 2 aliphatic rings. The minimum atomic E-state index is 0. The Hall–Kier alpha value is -0.280. The summed E-state index contributed by atoms with van der Waals surface area (Å²) >= 11 is 0. The molecule has 0 heterocycles. The molecule has 0 saturated heterocycles. The largest absolute Gasteiger partial charge is 0.354 e. The molecule has 0 bridgehead atoms. The van der Waals surface area contributed by atoms with Crippen molar-refractivity contribution in [3.8, 4) is 0 Å². The van der Waals surface area contributed by atoms with Gasteiger partial charge in [-0.3, -0.25) is 4.79 Å². The predicted octanol–water partition coefficient (Wildman–Crippen LogP) is 1.71. The van der Waals surface area contributed by atoms with Crippen LogP contribution >= 0.6 is 12.4 Å². The van der Waals surface area contributed by atoms with Crippen LogP contribution in [-0.4, -0.2) is 25.5 Å². The molecule has 2 rings (SSSR count). The van der Waals surface area contributed by atoms with Gasteiger partial charge in [0.15, 0.2) is 0 Å². The molecule has 2 atom stereocenters. The normalized spacial score (nSPS) is 27.2. The van der Waals surface area contributed by atoms with Crippen molar-refractivity contribution in [3.63, 3.8) is 0 Å². The number of nitrogens with one attached hydrogen (secondary N) is 2. The number of rotatable bonds is 4. The molecule has 0 radical (unpaired) electrons. The highest BCUT2D eigenvalue weighted by atomic mass is 35.5. The number of carbonyl (C=O) groups is 1. The summed E-state index contributed by atoms with van der Waals surface area (Å²) in [6.07, 6.45) is 6.37. The number of hydrogen-bond donors (Lipinski definition) is 2. The van der Waals surface area contributed by atoms with Gasteiger partial charge in [-0.2, -0.15) is 0 Å². The predicted molar refractivity (Wildman–Crippen MR) is 67.8 cm³/mol. The molecule has 0 aromatic rings. The van der Waals surface area contributed by atoms with Crippen LogP contribution in [0.5, 0.6) is 0 Å². The molecule has 1 spiro atoms. The second-order valence-corrected chi connectivity index (χ2v) is 5.26. The Balaban J connectivity index is 0.00000128. The van der Waals surface area contributed by atoms with Crippen LogP contribution in [0.25, 0.3) is 0 Å². The lowest BCUT2D eigenvalue weighted by Gasteiger charge is -2.12. The number of likely N-dealkylation sites (N-methyl/N-ethyl adjacent to an activating group) is 1. The zero-order valence-electron chi connectivity index (χ0n) is 10.2. The highest BCUT2D eigenvalue weighted by molar-refractivity contribution is 5.85. The summed E-state index contributed by atoms with van der Waals surface area (Å²) in [6.45, 7) is 2.83. The molecule has 0 aromatic carbocycles. The van der Waals surface area contributed by atoms with Crippen molar-refractivity contribution in [3.05, 3.63) is 0 Å². The summed E-state index contributed by atoms with van der Waals surface area (Å²) in [4.78, 5) is 11.8. The van der Waals surface area contributed by atoms with Crippen molar-refractivity contribution >= 4 is 18.3 Å². The maximum atomic E-state index is 11.8. The second kappa shape index (κ2) is 5.37. The molecule has 2 saturated carbocycles. The van der Waals surface area contributed by atoms with Gasteiger partial charge in [0.25, 0.3) is 0 Å². The van der Waals surface area contributed by atoms with Gasteiger partial charge in [0.1, 0.15) is 0 Å². The quantitative estimate of drug-likeness (QED) is 0.793. The molecule has 2 fully saturated rings. The Morgan fingerprint density at radius 1 is 1.44 bits per heavy atom. The third kappa shape index (κ3) is 2.69. The van der Waals surface area contributed by atoms with Gasteiger partial charge in [-0.15, -0.1) is 12.4 Å². The number of carbonyl (C=O) groups excluding carboxylic acids is 1. The van der Waals surface area contributed by atoms with E-state index in [0.29, 0.717) is 23.3 Å². The average molecular weight is 247 g/mol. The van der Waals surface area contributed by atoms with Gasteiger partial charge in [0, 0.05) is 18.5 Å². The molecular weight excluding hydrogens is 224 g/mol. The number of halogens is 1. The molecule has 1 amide bonds. The van der Waals surface area contributed by atoms with Crippen LogP contribution in [0.3, 0.4) is 0 Å². The molecule has 3 nitrogen and oxygen atoms in total. The van der Waals surface area contributed by atoms with Crippen LogP contribution in [0.4, 0.5) is 0 Å². The summed E-state index contributed by atoms with van der Waals surface area (Å²) in [7, 11) is 1.92. The Morgan fingerprint density at radius 3 is 2.62 bits per heavy atom. The third-order valence-corrected chi connectivity index (χ3v) is 4.18. The molecule has 0 aliphatic heterocycles. The van der Waals surface area contributed by atoms with Crippen LogP contribution in [0.1, 0.15) is 39.0 Å². The van der Waals surface area contributed by atoms with E-state index < -0.39 is 0 Å². The Labute approximate surface area is 104 Å². The number of hydrogen-bond acceptors (Lipinski definition) is 2. The van der Waals surface area contributed by atoms with Crippen LogP contribution in [0.2, 0.25) is 0 Å². The van der Waals surface area contributed by atoms with Gasteiger partial charge in [-0.25, -0.2) is 0 Å². The Kier molecular flexibility index (Phi) is 4.62. The van der Waals surface area contributed by atoms with E-state index in [0.717, 1.165) is 13.0 Å². The van der Waals surface area contributed by atoms with E-state index in [1.807, 2.05) is 7.05 Å². The highest BCUT2D eigenvalue weighted by Crippen LogP contribution is 2.62. The summed E-state index contributed by atoms with van der Waals surface area (Å²) < 4.78 is 0. The topological polar surface area (TPSA) is 41.1 Å². The first-order valence-electron chi connectivity index (χ1n) is 6.13. The van der Waals surface area contributed by atoms with Gasteiger partial charge < -0.3 is 10.6 Å². The van der Waals surface area contributed by atoms with E-state index in [-0.39, 0.29) is 12.4 Å². The van der Waals surface area contributed by atoms with Crippen molar-refractivity contribution in [2.45, 2.75) is 45.1 Å². The van der Waals surface area contributed by atoms with Crippen molar-refractivity contribution in [1.29, 1.82) is 0 Å². The SMILES string of the molecule is CNC(C)CNC(=O)C1CC12CCCC2.Cl. The zero-order chi connectivity index (χ0) is 10.9. The maximum absolute atomic E-state index is 11.8. The standard InChI is InChI=1S/C12H22N2O.ClH/c1-9(13-2)8-14-11(15)10-7-12(10)5-3-4-6-12;/h9-10,13H,3-8H2,1-2H3,(H,14,15);1H. The second-order valence-electron chi connectivity index (χ2n) is 5.26. The molecule has 2 aliphatic carbocycles. The first-order valence-corrected chi connectivity index (χ1v) is 6.13. The van der Waals surface area contributed by atoms with Crippen LogP contribution < -0.4 is 10.6 Å². The van der Waals surface area contributed by atoms with Gasteiger partial charge in [-0.05, 0) is 38.6 Å². The molecule has 2 N–H and O–H groups in total. The molecular formula is C12H23ClN2O. The summed E-state index contributed by atoms with van der Waals surface area (Å²) in [6, 6.07) is 0.368. The Bertz CT molecular complexity index is 251. The van der Waals surface area contributed by atoms with Gasteiger partial charge in [0.2, 0.25) is 5.91 Å². The van der Waals surface area contributed by atoms with Crippen LogP contribution in [0, 0.1) is 11.3 Å². The van der Waals surface area contributed by atoms with Gasteiger partial charge >= 0.3 is 0 Å². The lowest BCUT2D eigenvalue weighted by atomic mass is 10.0. The monoisotopic (exact) mass is 246 g/mol. The van der Waals surface area contributed by atoms with Crippen LogP contribution in [-0.2, 0) is 4.79 Å². The molecule has 4 heteroatoms. The van der Waals surface area contributed by atoms with E-state index in [2.05, 4.69) is 17.6 Å². The zero-order valence-corrected chi connectivity index (χ0v) is 11.0. The molecule has 16 heavy (non-hydrogen) atoms. The lowest BCUT2D eigenvalue weighted by Crippen LogP contribution is -2.38. The lowest BCUT2D eigenvalue weighted by molar-refractivity contribution is -0.123. The fourth-order valence-electron chi connectivity index (χ4n) is 2.83. The first-order chi connectivity index (χ1) is 7.18. The smallest absolute Gasteiger partial charge is 0.223 e. The Morgan fingerprint density at radius 2 is 2.06 bits per heavy atom. The maximum Gasteiger partial charge on any atom is 0.223 e. The summed E-state index contributed by atoms with van der Waals surface area (Å²) in [5, 5.41) is 6.17. The molecule has 2 unspecified atom stereocenters. The van der Waals surface area contributed by atoms with Crippen molar-refractivity contribution in [2.75, 3.05) is 13.6 Å². The van der Waals surface area contributed by atoms with Crippen molar-refractivity contribution < 1.29 is 4.79 Å². The minimum absolute atomic E-state index is 0. The fourth-order valence-corrected chi connectivity index (χ4v) is 2.83. The molecule has 0 aromatic heterocycles. The fraction of sp³-hybridized carbons (Fsp3) is 0.917. The first kappa shape index (κ1) is 13.8. The molecule has 94 valence electrons. The van der Waals surface area contributed by atoms with E-state index in [1.54, 1.807) is 0 Å². The van der Waals surface area contributed by atoms with Crippen molar-refractivity contribution in [2.24, 2.45) is 11.3 Å². The summed E-state index contributed by atoms with van der Waals surface area (Å²) in [5.41, 5.74) is 0.437. The third-order valence-electron chi connectivity index (χ3n) is 4.18. The highest BCUT2D eigenvalue weighted by Gasteiger charge is 2.58. The average Bonchev–Trinajstić information content (AvgIpc) is 2.73. The summed E-state index contributed by atoms with van der Waals surface area (Å²) in [5.74, 6) is 0.628. The van der Waals surface area contributed by atoms with E-state index in [9.17, 15) is 4.79 Å². The van der Waals surface area contributed by atoms with E-state index in [4.69, 9.17) is 0 Å². The van der Waals surface area contributed by atoms with E-state index >= 15 is 0 Å². The van der Waals surface area contributed by atoms with Gasteiger partial charge in [0.05, 0.1) is 0 Å². The van der Waals surface area contributed by atoms with E-state index in [1.165, 1.54) is 25.7 Å².